The van der Waals surface area contributed by atoms with Gasteiger partial charge in [-0.2, -0.15) is 0 Å². The first kappa shape index (κ1) is 24.6. The first-order valence-corrected chi connectivity index (χ1v) is 11.2. The van der Waals surface area contributed by atoms with Gasteiger partial charge < -0.3 is 20.1 Å². The molecule has 8 heteroatoms. The van der Waals surface area contributed by atoms with E-state index >= 15 is 0 Å². The molecule has 3 rings (SSSR count). The van der Waals surface area contributed by atoms with Gasteiger partial charge in [-0.3, -0.25) is 14.4 Å². The molecule has 1 heterocycles. The van der Waals surface area contributed by atoms with Gasteiger partial charge in [0, 0.05) is 17.1 Å². The van der Waals surface area contributed by atoms with Crippen LogP contribution in [0.25, 0.3) is 0 Å². The van der Waals surface area contributed by atoms with E-state index in [1.165, 1.54) is 0 Å². The third-order valence-corrected chi connectivity index (χ3v) is 5.35. The molecule has 2 N–H and O–H groups in total. The molecule has 0 aliphatic carbocycles. The maximum absolute atomic E-state index is 12.9. The number of nitrogens with one attached hydrogen (secondary N) is 2. The van der Waals surface area contributed by atoms with Crippen molar-refractivity contribution in [3.63, 3.8) is 0 Å². The van der Waals surface area contributed by atoms with E-state index in [0.29, 0.717) is 42.4 Å². The van der Waals surface area contributed by atoms with E-state index in [-0.39, 0.29) is 19.6 Å². The first-order chi connectivity index (χ1) is 16.0. The van der Waals surface area contributed by atoms with Crippen molar-refractivity contribution in [3.05, 3.63) is 82.4 Å². The minimum Gasteiger partial charge on any atom is -0.375 e. The molecular formula is C25H27ClN2O5. The van der Waals surface area contributed by atoms with Crippen LogP contribution >= 0.6 is 11.6 Å². The smallest absolute Gasteiger partial charge is 0.289 e. The van der Waals surface area contributed by atoms with Crippen LogP contribution in [-0.2, 0) is 32.1 Å². The van der Waals surface area contributed by atoms with Crippen LogP contribution in [0.5, 0.6) is 0 Å². The molecule has 0 bridgehead atoms. The highest BCUT2D eigenvalue weighted by molar-refractivity contribution is 6.38. The zero-order valence-corrected chi connectivity index (χ0v) is 19.0. The summed E-state index contributed by atoms with van der Waals surface area (Å²) in [6.45, 7) is 1.70. The summed E-state index contributed by atoms with van der Waals surface area (Å²) in [6.07, 6.45) is 4.21. The number of ether oxygens (including phenoxy) is 2. The second kappa shape index (κ2) is 12.9. The number of benzene rings is 2. The molecule has 0 radical (unpaired) electrons. The Bertz CT molecular complexity index is 991. The van der Waals surface area contributed by atoms with E-state index < -0.39 is 23.6 Å². The van der Waals surface area contributed by atoms with Crippen molar-refractivity contribution in [1.82, 2.24) is 10.6 Å². The third kappa shape index (κ3) is 7.82. The second-order valence-electron chi connectivity index (χ2n) is 7.51. The van der Waals surface area contributed by atoms with Gasteiger partial charge in [0.2, 0.25) is 5.78 Å². The fourth-order valence-corrected chi connectivity index (χ4v) is 3.43. The number of fused-ring (bicyclic) bond motifs is 1. The van der Waals surface area contributed by atoms with Crippen molar-refractivity contribution < 1.29 is 23.9 Å². The molecule has 1 unspecified atom stereocenters. The third-order valence-electron chi connectivity index (χ3n) is 5.10. The van der Waals surface area contributed by atoms with Gasteiger partial charge in [-0.05, 0) is 42.2 Å². The number of carbonyl (C=O) groups excluding carboxylic acids is 3. The molecule has 1 atom stereocenters. The Balaban J connectivity index is 1.66. The van der Waals surface area contributed by atoms with Gasteiger partial charge in [-0.15, -0.1) is 0 Å². The summed E-state index contributed by atoms with van der Waals surface area (Å²) < 4.78 is 11.0. The van der Waals surface area contributed by atoms with Gasteiger partial charge in [0.1, 0.15) is 6.04 Å². The monoisotopic (exact) mass is 470 g/mol. The van der Waals surface area contributed by atoms with Crippen LogP contribution in [0.1, 0.15) is 27.9 Å². The van der Waals surface area contributed by atoms with Crippen molar-refractivity contribution >= 4 is 29.2 Å². The minimum atomic E-state index is -0.999. The van der Waals surface area contributed by atoms with Crippen LogP contribution < -0.4 is 10.6 Å². The first-order valence-electron chi connectivity index (χ1n) is 10.8. The van der Waals surface area contributed by atoms with Crippen LogP contribution in [0, 0.1) is 0 Å². The molecule has 0 saturated heterocycles. The number of hydrogen-bond acceptors (Lipinski definition) is 5. The van der Waals surface area contributed by atoms with Gasteiger partial charge in [-0.25, -0.2) is 0 Å². The summed E-state index contributed by atoms with van der Waals surface area (Å²) in [6, 6.07) is 13.3. The highest BCUT2D eigenvalue weighted by Gasteiger charge is 2.27. The van der Waals surface area contributed by atoms with Crippen LogP contribution in [0.4, 0.5) is 0 Å². The Labute approximate surface area is 198 Å². The van der Waals surface area contributed by atoms with Crippen LogP contribution in [0.15, 0.2) is 60.7 Å². The van der Waals surface area contributed by atoms with E-state index in [9.17, 15) is 14.4 Å². The molecule has 0 saturated carbocycles. The Morgan fingerprint density at radius 3 is 2.61 bits per heavy atom. The standard InChI is InChI=1S/C25H27ClN2O5/c26-20-10-8-18(9-11-20)12-13-27-25(31)23(29)22-7-3-4-14-32-15-16-33-17-19-5-1-2-6-21(19)24(30)28-22/h1-6,8-11,22H,7,12-17H2,(H,27,31)(H,28,30)/b4-3+. The lowest BCUT2D eigenvalue weighted by atomic mass is 10.0. The molecule has 1 aliphatic rings. The van der Waals surface area contributed by atoms with Crippen LogP contribution in [0.2, 0.25) is 5.02 Å². The van der Waals surface area contributed by atoms with E-state index in [4.69, 9.17) is 21.1 Å². The van der Waals surface area contributed by atoms with Crippen molar-refractivity contribution in [1.29, 1.82) is 0 Å². The topological polar surface area (TPSA) is 93.7 Å². The Morgan fingerprint density at radius 1 is 1.03 bits per heavy atom. The van der Waals surface area contributed by atoms with E-state index in [1.807, 2.05) is 18.2 Å². The highest BCUT2D eigenvalue weighted by Crippen LogP contribution is 2.12. The van der Waals surface area contributed by atoms with Crippen molar-refractivity contribution in [2.45, 2.75) is 25.5 Å². The number of hydrogen-bond donors (Lipinski definition) is 2. The molecule has 0 fully saturated rings. The largest absolute Gasteiger partial charge is 0.375 e. The zero-order valence-electron chi connectivity index (χ0n) is 18.2. The normalized spacial score (nSPS) is 18.3. The number of amides is 2. The predicted octanol–water partition coefficient (Wildman–Crippen LogP) is 2.86. The number of carbonyl (C=O) groups is 3. The van der Waals surface area contributed by atoms with E-state index in [2.05, 4.69) is 10.6 Å². The average molecular weight is 471 g/mol. The Hall–Kier alpha value is -3.00. The lowest BCUT2D eigenvalue weighted by Crippen LogP contribution is -2.47. The quantitative estimate of drug-likeness (QED) is 0.517. The summed E-state index contributed by atoms with van der Waals surface area (Å²) in [5.74, 6) is -1.87. The molecule has 2 amide bonds. The summed E-state index contributed by atoms with van der Waals surface area (Å²) >= 11 is 5.88. The Kier molecular flexibility index (Phi) is 9.62. The summed E-state index contributed by atoms with van der Waals surface area (Å²) in [4.78, 5) is 38.3. The minimum absolute atomic E-state index is 0.178. The van der Waals surface area contributed by atoms with Crippen molar-refractivity contribution in [2.24, 2.45) is 0 Å². The van der Waals surface area contributed by atoms with Gasteiger partial charge in [0.25, 0.3) is 11.8 Å². The lowest BCUT2D eigenvalue weighted by molar-refractivity contribution is -0.138. The molecule has 7 nitrogen and oxygen atoms in total. The van der Waals surface area contributed by atoms with E-state index in [0.717, 1.165) is 5.56 Å². The zero-order chi connectivity index (χ0) is 23.5. The lowest BCUT2D eigenvalue weighted by Gasteiger charge is -2.18. The molecule has 0 spiro atoms. The fourth-order valence-electron chi connectivity index (χ4n) is 3.30. The maximum Gasteiger partial charge on any atom is 0.289 e. The summed E-state index contributed by atoms with van der Waals surface area (Å²) in [7, 11) is 0. The van der Waals surface area contributed by atoms with Gasteiger partial charge in [0.15, 0.2) is 0 Å². The van der Waals surface area contributed by atoms with Crippen LogP contribution in [-0.4, -0.2) is 50.0 Å². The maximum atomic E-state index is 12.9. The van der Waals surface area contributed by atoms with Gasteiger partial charge >= 0.3 is 0 Å². The highest BCUT2D eigenvalue weighted by atomic mass is 35.5. The molecule has 2 aromatic carbocycles. The number of rotatable bonds is 5. The fraction of sp³-hybridized carbons (Fsp3) is 0.320. The number of Topliss-reactive ketones (excluding diaryl/α,β-unsaturated/α-hetero) is 1. The van der Waals surface area contributed by atoms with Crippen molar-refractivity contribution in [3.8, 4) is 0 Å². The molecule has 174 valence electrons. The number of ketones is 1. The Morgan fingerprint density at radius 2 is 1.79 bits per heavy atom. The average Bonchev–Trinajstić information content (AvgIpc) is 2.82. The molecule has 1 aliphatic heterocycles. The molecule has 2 aromatic rings. The van der Waals surface area contributed by atoms with Gasteiger partial charge in [0.05, 0.1) is 26.4 Å². The SMILES string of the molecule is O=C(NCCc1ccc(Cl)cc1)C(=O)C1C/C=C/COCCOCc2ccccc2C(=O)N1. The molecular weight excluding hydrogens is 444 g/mol. The predicted molar refractivity (Wildman–Crippen MR) is 125 cm³/mol. The number of halogens is 1. The molecule has 0 aromatic heterocycles. The van der Waals surface area contributed by atoms with E-state index in [1.54, 1.807) is 42.5 Å². The molecule has 33 heavy (non-hydrogen) atoms. The van der Waals surface area contributed by atoms with Crippen LogP contribution in [0.3, 0.4) is 0 Å². The summed E-state index contributed by atoms with van der Waals surface area (Å²) in [5.41, 5.74) is 2.09. The van der Waals surface area contributed by atoms with Crippen molar-refractivity contribution in [2.75, 3.05) is 26.4 Å². The van der Waals surface area contributed by atoms with Gasteiger partial charge in [-0.1, -0.05) is 54.1 Å². The second-order valence-corrected chi connectivity index (χ2v) is 7.95. The summed E-state index contributed by atoms with van der Waals surface area (Å²) in [5, 5.41) is 5.98.